The first kappa shape index (κ1) is 7.04. The second-order valence-electron chi connectivity index (χ2n) is 1.76. The second kappa shape index (κ2) is 2.68. The molecule has 11 heavy (non-hydrogen) atoms. The smallest absolute Gasteiger partial charge is 0.177 e. The zero-order valence-electron chi connectivity index (χ0n) is 5.65. The lowest BCUT2D eigenvalue weighted by molar-refractivity contribution is 1.11. The molecule has 0 aromatic carbocycles. The van der Waals surface area contributed by atoms with Crippen molar-refractivity contribution in [2.75, 3.05) is 0 Å². The Hall–Kier alpha value is -2.07. The SMILES string of the molecule is C=Cn1cnc(C#N)c1C#N. The first-order valence-electron chi connectivity index (χ1n) is 2.83. The van der Waals surface area contributed by atoms with Crippen LogP contribution in [0.3, 0.4) is 0 Å². The van der Waals surface area contributed by atoms with Gasteiger partial charge in [0.25, 0.3) is 0 Å². The average Bonchev–Trinajstić information content (AvgIpc) is 2.45. The van der Waals surface area contributed by atoms with E-state index in [1.807, 2.05) is 6.07 Å². The van der Waals surface area contributed by atoms with Crippen LogP contribution in [-0.4, -0.2) is 9.55 Å². The van der Waals surface area contributed by atoms with Crippen LogP contribution in [0.15, 0.2) is 12.9 Å². The molecule has 0 N–H and O–H groups in total. The quantitative estimate of drug-likeness (QED) is 0.583. The van der Waals surface area contributed by atoms with E-state index in [9.17, 15) is 0 Å². The van der Waals surface area contributed by atoms with Crippen LogP contribution >= 0.6 is 0 Å². The van der Waals surface area contributed by atoms with Gasteiger partial charge in [0.15, 0.2) is 11.4 Å². The van der Waals surface area contributed by atoms with E-state index in [-0.39, 0.29) is 11.4 Å². The van der Waals surface area contributed by atoms with Gasteiger partial charge in [-0.15, -0.1) is 0 Å². The summed E-state index contributed by atoms with van der Waals surface area (Å²) in [5, 5.41) is 17.0. The lowest BCUT2D eigenvalue weighted by atomic mass is 10.4. The van der Waals surface area contributed by atoms with E-state index >= 15 is 0 Å². The third-order valence-corrected chi connectivity index (χ3v) is 1.20. The maximum atomic E-state index is 8.54. The average molecular weight is 144 g/mol. The van der Waals surface area contributed by atoms with Crippen LogP contribution in [0.25, 0.3) is 6.20 Å². The van der Waals surface area contributed by atoms with E-state index < -0.39 is 0 Å². The molecule has 1 aromatic rings. The first-order chi connectivity index (χ1) is 5.33. The summed E-state index contributed by atoms with van der Waals surface area (Å²) < 4.78 is 1.40. The molecule has 0 aliphatic carbocycles. The van der Waals surface area contributed by atoms with E-state index in [2.05, 4.69) is 11.6 Å². The van der Waals surface area contributed by atoms with Crippen molar-refractivity contribution in [1.82, 2.24) is 9.55 Å². The molecule has 0 amide bonds. The highest BCUT2D eigenvalue weighted by atomic mass is 15.0. The van der Waals surface area contributed by atoms with Gasteiger partial charge in [-0.3, -0.25) is 4.57 Å². The highest BCUT2D eigenvalue weighted by molar-refractivity contribution is 5.41. The van der Waals surface area contributed by atoms with Crippen LogP contribution < -0.4 is 0 Å². The normalized spacial score (nSPS) is 8.18. The fourth-order valence-electron chi connectivity index (χ4n) is 0.692. The van der Waals surface area contributed by atoms with Crippen LogP contribution in [0.4, 0.5) is 0 Å². The monoisotopic (exact) mass is 144 g/mol. The molecule has 52 valence electrons. The second-order valence-corrected chi connectivity index (χ2v) is 1.76. The van der Waals surface area contributed by atoms with Crippen molar-refractivity contribution in [3.05, 3.63) is 24.3 Å². The molecule has 0 spiro atoms. The standard InChI is InChI=1S/C7H4N4/c1-2-11-5-10-6(3-8)7(11)4-9/h2,5H,1H2. The summed E-state index contributed by atoms with van der Waals surface area (Å²) in [6, 6.07) is 3.65. The Balaban J connectivity index is 3.37. The third kappa shape index (κ3) is 0.973. The fraction of sp³-hybridized carbons (Fsp3) is 0. The summed E-state index contributed by atoms with van der Waals surface area (Å²) in [4.78, 5) is 3.68. The van der Waals surface area contributed by atoms with Crippen molar-refractivity contribution in [3.63, 3.8) is 0 Å². The topological polar surface area (TPSA) is 65.4 Å². The third-order valence-electron chi connectivity index (χ3n) is 1.20. The highest BCUT2D eigenvalue weighted by Crippen LogP contribution is 2.03. The zero-order valence-corrected chi connectivity index (χ0v) is 5.65. The predicted molar refractivity (Wildman–Crippen MR) is 38.0 cm³/mol. The lowest BCUT2D eigenvalue weighted by Gasteiger charge is -1.88. The summed E-state index contributed by atoms with van der Waals surface area (Å²) in [7, 11) is 0. The molecule has 1 aromatic heterocycles. The van der Waals surface area contributed by atoms with Crippen molar-refractivity contribution in [1.29, 1.82) is 10.5 Å². The van der Waals surface area contributed by atoms with Crippen LogP contribution in [0.1, 0.15) is 11.4 Å². The van der Waals surface area contributed by atoms with E-state index in [0.717, 1.165) is 0 Å². The van der Waals surface area contributed by atoms with Gasteiger partial charge in [-0.1, -0.05) is 6.58 Å². The maximum Gasteiger partial charge on any atom is 0.177 e. The molecule has 0 bridgehead atoms. The fourth-order valence-corrected chi connectivity index (χ4v) is 0.692. The molecule has 0 saturated carbocycles. The molecule has 1 rings (SSSR count). The number of nitrogens with zero attached hydrogens (tertiary/aromatic N) is 4. The minimum Gasteiger partial charge on any atom is -0.297 e. The number of rotatable bonds is 1. The van der Waals surface area contributed by atoms with Crippen LogP contribution in [0.5, 0.6) is 0 Å². The van der Waals surface area contributed by atoms with Crippen LogP contribution in [0, 0.1) is 22.7 Å². The number of nitriles is 2. The number of hydrogen-bond acceptors (Lipinski definition) is 3. The molecular weight excluding hydrogens is 140 g/mol. The number of aromatic nitrogens is 2. The molecule has 0 aliphatic heterocycles. The summed E-state index contributed by atoms with van der Waals surface area (Å²) in [5.74, 6) is 0. The van der Waals surface area contributed by atoms with Gasteiger partial charge in [0, 0.05) is 6.20 Å². The minimum atomic E-state index is 0.132. The van der Waals surface area contributed by atoms with Gasteiger partial charge in [-0.25, -0.2) is 4.98 Å². The molecule has 0 atom stereocenters. The molecule has 0 saturated heterocycles. The largest absolute Gasteiger partial charge is 0.297 e. The molecule has 0 radical (unpaired) electrons. The van der Waals surface area contributed by atoms with E-state index in [4.69, 9.17) is 10.5 Å². The van der Waals surface area contributed by atoms with Gasteiger partial charge in [0.1, 0.15) is 18.5 Å². The molecule has 4 heteroatoms. The maximum absolute atomic E-state index is 8.54. The number of imidazole rings is 1. The molecule has 4 nitrogen and oxygen atoms in total. The van der Waals surface area contributed by atoms with E-state index in [0.29, 0.717) is 0 Å². The van der Waals surface area contributed by atoms with Gasteiger partial charge in [-0.05, 0) is 0 Å². The summed E-state index contributed by atoms with van der Waals surface area (Å²) in [6.07, 6.45) is 2.80. The summed E-state index contributed by atoms with van der Waals surface area (Å²) in [6.45, 7) is 3.45. The molecule has 0 aliphatic rings. The Morgan fingerprint density at radius 1 is 1.55 bits per heavy atom. The van der Waals surface area contributed by atoms with Gasteiger partial charge < -0.3 is 0 Å². The Morgan fingerprint density at radius 2 is 2.27 bits per heavy atom. The molecule has 0 fully saturated rings. The molecular formula is C7H4N4. The number of hydrogen-bond donors (Lipinski definition) is 0. The predicted octanol–water partition coefficient (Wildman–Crippen LogP) is 0.727. The van der Waals surface area contributed by atoms with E-state index in [1.54, 1.807) is 6.07 Å². The van der Waals surface area contributed by atoms with Crippen molar-refractivity contribution >= 4 is 6.20 Å². The minimum absolute atomic E-state index is 0.132. The van der Waals surface area contributed by atoms with Gasteiger partial charge >= 0.3 is 0 Å². The van der Waals surface area contributed by atoms with Gasteiger partial charge in [-0.2, -0.15) is 10.5 Å². The highest BCUT2D eigenvalue weighted by Gasteiger charge is 2.06. The Bertz CT molecular complexity index is 361. The van der Waals surface area contributed by atoms with Crippen LogP contribution in [0.2, 0.25) is 0 Å². The lowest BCUT2D eigenvalue weighted by Crippen LogP contribution is -1.88. The molecule has 0 unspecified atom stereocenters. The van der Waals surface area contributed by atoms with Crippen molar-refractivity contribution in [3.8, 4) is 12.1 Å². The Kier molecular flexibility index (Phi) is 1.71. The Labute approximate surface area is 63.6 Å². The first-order valence-corrected chi connectivity index (χ1v) is 2.83. The van der Waals surface area contributed by atoms with Crippen molar-refractivity contribution < 1.29 is 0 Å². The van der Waals surface area contributed by atoms with Crippen LogP contribution in [-0.2, 0) is 0 Å². The summed E-state index contributed by atoms with van der Waals surface area (Å²) in [5.41, 5.74) is 0.356. The van der Waals surface area contributed by atoms with Gasteiger partial charge in [0.2, 0.25) is 0 Å². The summed E-state index contributed by atoms with van der Waals surface area (Å²) >= 11 is 0. The van der Waals surface area contributed by atoms with Gasteiger partial charge in [0.05, 0.1) is 0 Å². The zero-order chi connectivity index (χ0) is 8.27. The van der Waals surface area contributed by atoms with E-state index in [1.165, 1.54) is 17.1 Å². The van der Waals surface area contributed by atoms with Crippen molar-refractivity contribution in [2.45, 2.75) is 0 Å². The Morgan fingerprint density at radius 3 is 2.73 bits per heavy atom. The molecule has 1 heterocycles. The van der Waals surface area contributed by atoms with Crippen molar-refractivity contribution in [2.24, 2.45) is 0 Å².